The summed E-state index contributed by atoms with van der Waals surface area (Å²) in [6.45, 7) is 5.37. The summed E-state index contributed by atoms with van der Waals surface area (Å²) in [5.74, 6) is 0.926. The molecule has 0 aliphatic carbocycles. The highest BCUT2D eigenvalue weighted by molar-refractivity contribution is 5.76. The van der Waals surface area contributed by atoms with E-state index >= 15 is 0 Å². The van der Waals surface area contributed by atoms with Crippen molar-refractivity contribution in [2.45, 2.75) is 19.4 Å². The molecule has 104 valence electrons. The Morgan fingerprint density at radius 1 is 1.42 bits per heavy atom. The maximum atomic E-state index is 12.0. The Labute approximate surface area is 114 Å². The highest BCUT2D eigenvalue weighted by atomic mass is 16.5. The Hall–Kier alpha value is -1.81. The highest BCUT2D eigenvalue weighted by Crippen LogP contribution is 2.13. The first-order valence-electron chi connectivity index (χ1n) is 6.43. The van der Waals surface area contributed by atoms with Gasteiger partial charge in [0.25, 0.3) is 0 Å². The van der Waals surface area contributed by atoms with Crippen LogP contribution in [0.2, 0.25) is 0 Å². The highest BCUT2D eigenvalue weighted by Gasteiger charge is 2.11. The van der Waals surface area contributed by atoms with Crippen molar-refractivity contribution >= 4 is 5.91 Å². The average molecular weight is 262 g/mol. The summed E-state index contributed by atoms with van der Waals surface area (Å²) in [4.78, 5) is 13.8. The van der Waals surface area contributed by atoms with E-state index in [1.54, 1.807) is 18.1 Å². The van der Waals surface area contributed by atoms with Gasteiger partial charge in [0.15, 0.2) is 0 Å². The van der Waals surface area contributed by atoms with Gasteiger partial charge in [-0.2, -0.15) is 0 Å². The summed E-state index contributed by atoms with van der Waals surface area (Å²) in [7, 11) is 1.63. The molecule has 0 spiro atoms. The van der Waals surface area contributed by atoms with Crippen molar-refractivity contribution in [3.63, 3.8) is 0 Å². The van der Waals surface area contributed by atoms with Gasteiger partial charge in [-0.1, -0.05) is 18.2 Å². The zero-order valence-corrected chi connectivity index (χ0v) is 11.5. The second kappa shape index (κ2) is 8.32. The Kier molecular flexibility index (Phi) is 6.68. The van der Waals surface area contributed by atoms with E-state index in [1.807, 2.05) is 24.3 Å². The molecule has 0 aliphatic rings. The number of nitrogens with zero attached hydrogens (tertiary/aromatic N) is 1. The first kappa shape index (κ1) is 15.2. The van der Waals surface area contributed by atoms with Crippen molar-refractivity contribution in [1.29, 1.82) is 0 Å². The molecule has 4 heteroatoms. The van der Waals surface area contributed by atoms with E-state index in [0.717, 1.165) is 17.7 Å². The van der Waals surface area contributed by atoms with E-state index in [4.69, 9.17) is 10.5 Å². The van der Waals surface area contributed by atoms with Crippen LogP contribution in [0.1, 0.15) is 18.4 Å². The molecule has 0 unspecified atom stereocenters. The van der Waals surface area contributed by atoms with Crippen LogP contribution in [-0.2, 0) is 11.3 Å². The van der Waals surface area contributed by atoms with Crippen molar-refractivity contribution < 1.29 is 9.53 Å². The predicted octanol–water partition coefficient (Wildman–Crippen LogP) is 1.95. The molecule has 0 atom stereocenters. The number of ether oxygens (including phenoxy) is 1. The molecule has 0 saturated carbocycles. The minimum Gasteiger partial charge on any atom is -0.497 e. The summed E-state index contributed by atoms with van der Waals surface area (Å²) in [6.07, 6.45) is 2.94. The van der Waals surface area contributed by atoms with Crippen LogP contribution in [0.25, 0.3) is 0 Å². The number of methoxy groups -OCH3 is 1. The fourth-order valence-corrected chi connectivity index (χ4v) is 1.77. The van der Waals surface area contributed by atoms with Crippen molar-refractivity contribution in [2.75, 3.05) is 20.2 Å². The third-order valence-corrected chi connectivity index (χ3v) is 2.83. The van der Waals surface area contributed by atoms with Crippen molar-refractivity contribution in [2.24, 2.45) is 5.73 Å². The summed E-state index contributed by atoms with van der Waals surface area (Å²) < 4.78 is 5.11. The molecule has 0 aliphatic heterocycles. The van der Waals surface area contributed by atoms with Gasteiger partial charge in [0.2, 0.25) is 5.91 Å². The van der Waals surface area contributed by atoms with Gasteiger partial charge in [0.1, 0.15) is 5.75 Å². The quantitative estimate of drug-likeness (QED) is 0.728. The van der Waals surface area contributed by atoms with Gasteiger partial charge < -0.3 is 15.4 Å². The van der Waals surface area contributed by atoms with Crippen molar-refractivity contribution in [3.8, 4) is 5.75 Å². The summed E-state index contributed by atoms with van der Waals surface area (Å²) in [5.41, 5.74) is 6.50. The molecule has 0 radical (unpaired) electrons. The Morgan fingerprint density at radius 2 is 2.11 bits per heavy atom. The van der Waals surface area contributed by atoms with Crippen molar-refractivity contribution in [3.05, 3.63) is 42.5 Å². The molecular weight excluding hydrogens is 240 g/mol. The largest absolute Gasteiger partial charge is 0.497 e. The number of carbonyl (C=O) groups is 1. The van der Waals surface area contributed by atoms with Gasteiger partial charge in [-0.15, -0.1) is 6.58 Å². The summed E-state index contributed by atoms with van der Waals surface area (Å²) in [5, 5.41) is 0. The zero-order valence-electron chi connectivity index (χ0n) is 11.5. The molecule has 0 heterocycles. The predicted molar refractivity (Wildman–Crippen MR) is 76.9 cm³/mol. The van der Waals surface area contributed by atoms with Crippen LogP contribution in [0.4, 0.5) is 0 Å². The van der Waals surface area contributed by atoms with Gasteiger partial charge >= 0.3 is 0 Å². The smallest absolute Gasteiger partial charge is 0.223 e. The van der Waals surface area contributed by atoms with E-state index < -0.39 is 0 Å². The minimum absolute atomic E-state index is 0.112. The molecule has 19 heavy (non-hydrogen) atoms. The fraction of sp³-hybridized carbons (Fsp3) is 0.400. The molecule has 0 aromatic heterocycles. The van der Waals surface area contributed by atoms with Crippen LogP contribution in [0.15, 0.2) is 36.9 Å². The van der Waals surface area contributed by atoms with Gasteiger partial charge in [-0.3, -0.25) is 4.79 Å². The van der Waals surface area contributed by atoms with Crippen molar-refractivity contribution in [1.82, 2.24) is 4.90 Å². The number of hydrogen-bond acceptors (Lipinski definition) is 3. The topological polar surface area (TPSA) is 55.6 Å². The van der Waals surface area contributed by atoms with E-state index in [-0.39, 0.29) is 5.91 Å². The zero-order chi connectivity index (χ0) is 14.1. The molecule has 0 saturated heterocycles. The number of hydrogen-bond donors (Lipinski definition) is 1. The Morgan fingerprint density at radius 3 is 2.63 bits per heavy atom. The molecule has 1 rings (SSSR count). The maximum absolute atomic E-state index is 12.0. The molecule has 1 aromatic rings. The van der Waals surface area contributed by atoms with Crippen LogP contribution >= 0.6 is 0 Å². The standard InChI is InChI=1S/C15H22N2O2/c1-3-11-17(15(18)5-4-10-16)12-13-6-8-14(19-2)9-7-13/h3,6-9H,1,4-5,10-12,16H2,2H3. The Bertz CT molecular complexity index is 401. The summed E-state index contributed by atoms with van der Waals surface area (Å²) >= 11 is 0. The molecule has 4 nitrogen and oxygen atoms in total. The lowest BCUT2D eigenvalue weighted by Gasteiger charge is -2.21. The number of amides is 1. The third kappa shape index (κ3) is 5.14. The SMILES string of the molecule is C=CCN(Cc1ccc(OC)cc1)C(=O)CCCN. The third-order valence-electron chi connectivity index (χ3n) is 2.83. The van der Waals surface area contributed by atoms with E-state index in [0.29, 0.717) is 26.1 Å². The lowest BCUT2D eigenvalue weighted by molar-refractivity contribution is -0.131. The minimum atomic E-state index is 0.112. The van der Waals surface area contributed by atoms with Crippen LogP contribution in [0, 0.1) is 0 Å². The first-order valence-corrected chi connectivity index (χ1v) is 6.43. The molecular formula is C15H22N2O2. The number of benzene rings is 1. The summed E-state index contributed by atoms with van der Waals surface area (Å²) in [6, 6.07) is 7.72. The van der Waals surface area contributed by atoms with E-state index in [9.17, 15) is 4.79 Å². The van der Waals surface area contributed by atoms with Gasteiger partial charge in [-0.05, 0) is 30.7 Å². The molecule has 2 N–H and O–H groups in total. The molecule has 0 bridgehead atoms. The Balaban J connectivity index is 2.65. The normalized spacial score (nSPS) is 10.0. The van der Waals surface area contributed by atoms with Crippen LogP contribution < -0.4 is 10.5 Å². The number of nitrogens with two attached hydrogens (primary N) is 1. The van der Waals surface area contributed by atoms with Crippen LogP contribution in [0.3, 0.4) is 0 Å². The van der Waals surface area contributed by atoms with Gasteiger partial charge in [0, 0.05) is 19.5 Å². The lowest BCUT2D eigenvalue weighted by atomic mass is 10.2. The fourth-order valence-electron chi connectivity index (χ4n) is 1.77. The number of carbonyl (C=O) groups excluding carboxylic acids is 1. The first-order chi connectivity index (χ1) is 9.21. The lowest BCUT2D eigenvalue weighted by Crippen LogP contribution is -2.30. The average Bonchev–Trinajstić information content (AvgIpc) is 2.45. The molecule has 1 aromatic carbocycles. The molecule has 0 fully saturated rings. The van der Waals surface area contributed by atoms with Crippen LogP contribution in [0.5, 0.6) is 5.75 Å². The van der Waals surface area contributed by atoms with Gasteiger partial charge in [-0.25, -0.2) is 0 Å². The monoisotopic (exact) mass is 262 g/mol. The second-order valence-corrected chi connectivity index (χ2v) is 4.30. The van der Waals surface area contributed by atoms with Gasteiger partial charge in [0.05, 0.1) is 7.11 Å². The van der Waals surface area contributed by atoms with E-state index in [1.165, 1.54) is 0 Å². The molecule has 1 amide bonds. The second-order valence-electron chi connectivity index (χ2n) is 4.30. The maximum Gasteiger partial charge on any atom is 0.223 e. The number of rotatable bonds is 8. The van der Waals surface area contributed by atoms with E-state index in [2.05, 4.69) is 6.58 Å². The van der Waals surface area contributed by atoms with Crippen LogP contribution in [-0.4, -0.2) is 31.0 Å².